The Morgan fingerprint density at radius 1 is 1.33 bits per heavy atom. The van der Waals surface area contributed by atoms with Crippen molar-refractivity contribution >= 4 is 5.91 Å². The van der Waals surface area contributed by atoms with Crippen LogP contribution in [-0.2, 0) is 9.53 Å². The lowest BCUT2D eigenvalue weighted by Crippen LogP contribution is -2.28. The number of unbranched alkanes of at least 4 members (excludes halogenated alkanes) is 1. The molecular formula is C9H19NO2. The Balaban J connectivity index is 3.08. The third-order valence-electron chi connectivity index (χ3n) is 1.45. The lowest BCUT2D eigenvalue weighted by atomic mass is 10.4. The predicted octanol–water partition coefficient (Wildman–Crippen LogP) is 1.33. The van der Waals surface area contributed by atoms with Gasteiger partial charge in [-0.2, -0.15) is 0 Å². The highest BCUT2D eigenvalue weighted by Gasteiger charge is 1.97. The van der Waals surface area contributed by atoms with E-state index in [1.165, 1.54) is 0 Å². The second kappa shape index (κ2) is 8.53. The molecule has 0 radical (unpaired) electrons. The van der Waals surface area contributed by atoms with Crippen molar-refractivity contribution in [3.63, 3.8) is 0 Å². The number of rotatable bonds is 7. The molecule has 0 heterocycles. The number of hydrogen-bond acceptors (Lipinski definition) is 2. The van der Waals surface area contributed by atoms with Crippen LogP contribution in [0, 0.1) is 0 Å². The highest BCUT2D eigenvalue weighted by Crippen LogP contribution is 1.87. The number of carbonyl (C=O) groups is 1. The maximum Gasteiger partial charge on any atom is 0.245 e. The standard InChI is InChI=1S/C9H19NO2/c1-3-5-7-12-8-9(11)10-6-4-2/h3-8H2,1-2H3,(H,10,11). The molecule has 0 aromatic heterocycles. The fraction of sp³-hybridized carbons (Fsp3) is 0.889. The molecule has 1 N–H and O–H groups in total. The molecule has 12 heavy (non-hydrogen) atoms. The Bertz CT molecular complexity index is 115. The van der Waals surface area contributed by atoms with Gasteiger partial charge in [0.25, 0.3) is 0 Å². The lowest BCUT2D eigenvalue weighted by Gasteiger charge is -2.03. The average molecular weight is 173 g/mol. The monoisotopic (exact) mass is 173 g/mol. The number of nitrogens with one attached hydrogen (secondary N) is 1. The van der Waals surface area contributed by atoms with Crippen LogP contribution in [0.1, 0.15) is 33.1 Å². The Labute approximate surface area is 74.5 Å². The Kier molecular flexibility index (Phi) is 8.12. The van der Waals surface area contributed by atoms with Crippen LogP contribution >= 0.6 is 0 Å². The first-order valence-electron chi connectivity index (χ1n) is 4.65. The van der Waals surface area contributed by atoms with E-state index in [-0.39, 0.29) is 12.5 Å². The highest BCUT2D eigenvalue weighted by atomic mass is 16.5. The molecule has 0 aliphatic rings. The second-order valence-corrected chi connectivity index (χ2v) is 2.76. The zero-order chi connectivity index (χ0) is 9.23. The first-order valence-corrected chi connectivity index (χ1v) is 4.65. The van der Waals surface area contributed by atoms with E-state index in [1.807, 2.05) is 6.92 Å². The fourth-order valence-electron chi connectivity index (χ4n) is 0.727. The van der Waals surface area contributed by atoms with Crippen molar-refractivity contribution in [3.8, 4) is 0 Å². The van der Waals surface area contributed by atoms with E-state index in [9.17, 15) is 4.79 Å². The molecule has 3 nitrogen and oxygen atoms in total. The smallest absolute Gasteiger partial charge is 0.245 e. The summed E-state index contributed by atoms with van der Waals surface area (Å²) in [6.07, 6.45) is 3.11. The van der Waals surface area contributed by atoms with Crippen LogP contribution < -0.4 is 5.32 Å². The van der Waals surface area contributed by atoms with Gasteiger partial charge >= 0.3 is 0 Å². The van der Waals surface area contributed by atoms with Gasteiger partial charge in [0.15, 0.2) is 0 Å². The van der Waals surface area contributed by atoms with Crippen LogP contribution in [0.25, 0.3) is 0 Å². The van der Waals surface area contributed by atoms with Crippen LogP contribution in [0.15, 0.2) is 0 Å². The Morgan fingerprint density at radius 2 is 2.08 bits per heavy atom. The molecule has 0 bridgehead atoms. The first-order chi connectivity index (χ1) is 5.81. The second-order valence-electron chi connectivity index (χ2n) is 2.76. The van der Waals surface area contributed by atoms with Gasteiger partial charge in [0.05, 0.1) is 0 Å². The number of carbonyl (C=O) groups excluding carboxylic acids is 1. The minimum absolute atomic E-state index is 0.00652. The first kappa shape index (κ1) is 11.4. The van der Waals surface area contributed by atoms with Gasteiger partial charge in [-0.3, -0.25) is 4.79 Å². The predicted molar refractivity (Wildman–Crippen MR) is 49.0 cm³/mol. The highest BCUT2D eigenvalue weighted by molar-refractivity contribution is 5.77. The van der Waals surface area contributed by atoms with Gasteiger partial charge in [0.1, 0.15) is 6.61 Å². The Hall–Kier alpha value is -0.570. The van der Waals surface area contributed by atoms with E-state index in [2.05, 4.69) is 12.2 Å². The van der Waals surface area contributed by atoms with Crippen molar-refractivity contribution in [1.82, 2.24) is 5.32 Å². The molecule has 72 valence electrons. The van der Waals surface area contributed by atoms with Crippen molar-refractivity contribution in [2.75, 3.05) is 19.8 Å². The molecule has 0 unspecified atom stereocenters. The maximum atomic E-state index is 10.9. The summed E-state index contributed by atoms with van der Waals surface area (Å²) in [5.74, 6) is -0.00652. The van der Waals surface area contributed by atoms with Gasteiger partial charge in [-0.05, 0) is 12.8 Å². The van der Waals surface area contributed by atoms with Gasteiger partial charge in [-0.15, -0.1) is 0 Å². The molecule has 0 spiro atoms. The van der Waals surface area contributed by atoms with Gasteiger partial charge in [-0.1, -0.05) is 20.3 Å². The van der Waals surface area contributed by atoms with E-state index < -0.39 is 0 Å². The van der Waals surface area contributed by atoms with Gasteiger partial charge < -0.3 is 10.1 Å². The largest absolute Gasteiger partial charge is 0.372 e. The molecule has 0 aromatic carbocycles. The van der Waals surface area contributed by atoms with Crippen LogP contribution in [0.2, 0.25) is 0 Å². The minimum Gasteiger partial charge on any atom is -0.372 e. The van der Waals surface area contributed by atoms with Crippen LogP contribution in [0.4, 0.5) is 0 Å². The third kappa shape index (κ3) is 7.54. The topological polar surface area (TPSA) is 38.3 Å². The summed E-state index contributed by atoms with van der Waals surface area (Å²) in [6.45, 7) is 5.77. The maximum absolute atomic E-state index is 10.9. The minimum atomic E-state index is -0.00652. The molecular weight excluding hydrogens is 154 g/mol. The SMILES string of the molecule is CCCCOCC(=O)NCCC. The van der Waals surface area contributed by atoms with Crippen LogP contribution in [0.3, 0.4) is 0 Å². The van der Waals surface area contributed by atoms with Crippen LogP contribution in [0.5, 0.6) is 0 Å². The summed E-state index contributed by atoms with van der Waals surface area (Å²) in [5, 5.41) is 2.75. The van der Waals surface area contributed by atoms with Crippen molar-refractivity contribution < 1.29 is 9.53 Å². The number of hydrogen-bond donors (Lipinski definition) is 1. The summed E-state index contributed by atoms with van der Waals surface area (Å²) in [4.78, 5) is 10.9. The molecule has 0 atom stereocenters. The third-order valence-corrected chi connectivity index (χ3v) is 1.45. The molecule has 0 saturated carbocycles. The molecule has 3 heteroatoms. The van der Waals surface area contributed by atoms with Gasteiger partial charge in [-0.25, -0.2) is 0 Å². The summed E-state index contributed by atoms with van der Waals surface area (Å²) in [5.41, 5.74) is 0. The van der Waals surface area contributed by atoms with E-state index in [0.717, 1.165) is 25.8 Å². The van der Waals surface area contributed by atoms with Gasteiger partial charge in [0.2, 0.25) is 5.91 Å². The molecule has 0 aliphatic heterocycles. The Morgan fingerprint density at radius 3 is 2.67 bits per heavy atom. The molecule has 0 fully saturated rings. The van der Waals surface area contributed by atoms with Crippen LogP contribution in [-0.4, -0.2) is 25.7 Å². The molecule has 0 saturated heterocycles. The average Bonchev–Trinajstić information content (AvgIpc) is 2.09. The number of amides is 1. The molecule has 0 rings (SSSR count). The van der Waals surface area contributed by atoms with E-state index >= 15 is 0 Å². The van der Waals surface area contributed by atoms with Crippen molar-refractivity contribution in [2.24, 2.45) is 0 Å². The van der Waals surface area contributed by atoms with Crippen molar-refractivity contribution in [3.05, 3.63) is 0 Å². The van der Waals surface area contributed by atoms with Crippen molar-refractivity contribution in [2.45, 2.75) is 33.1 Å². The zero-order valence-electron chi connectivity index (χ0n) is 8.06. The summed E-state index contributed by atoms with van der Waals surface area (Å²) >= 11 is 0. The normalized spacial score (nSPS) is 9.83. The lowest BCUT2D eigenvalue weighted by molar-refractivity contribution is -0.125. The van der Waals surface area contributed by atoms with Gasteiger partial charge in [0, 0.05) is 13.2 Å². The van der Waals surface area contributed by atoms with E-state index in [1.54, 1.807) is 0 Å². The quantitative estimate of drug-likeness (QED) is 0.590. The fourth-order valence-corrected chi connectivity index (χ4v) is 0.727. The summed E-state index contributed by atoms with van der Waals surface area (Å²) < 4.78 is 5.12. The zero-order valence-corrected chi connectivity index (χ0v) is 8.06. The molecule has 0 aromatic rings. The van der Waals surface area contributed by atoms with E-state index in [0.29, 0.717) is 6.61 Å². The molecule has 1 amide bonds. The molecule has 0 aliphatic carbocycles. The van der Waals surface area contributed by atoms with Crippen molar-refractivity contribution in [1.29, 1.82) is 0 Å². The summed E-state index contributed by atoms with van der Waals surface area (Å²) in [6, 6.07) is 0. The summed E-state index contributed by atoms with van der Waals surface area (Å²) in [7, 11) is 0. The van der Waals surface area contributed by atoms with E-state index in [4.69, 9.17) is 4.74 Å². The number of ether oxygens (including phenoxy) is 1.